The number of rotatable bonds is 4. The lowest BCUT2D eigenvalue weighted by Gasteiger charge is -2.14. The molecular formula is C17H19N3O2. The first-order chi connectivity index (χ1) is 10.6. The molecule has 5 nitrogen and oxygen atoms in total. The van der Waals surface area contributed by atoms with Crippen molar-refractivity contribution in [3.63, 3.8) is 0 Å². The zero-order chi connectivity index (χ0) is 15.9. The van der Waals surface area contributed by atoms with Gasteiger partial charge in [0.2, 0.25) is 0 Å². The molecule has 1 unspecified atom stereocenters. The van der Waals surface area contributed by atoms with Crippen LogP contribution in [-0.2, 0) is 16.0 Å². The Morgan fingerprint density at radius 1 is 1.09 bits per heavy atom. The van der Waals surface area contributed by atoms with Crippen molar-refractivity contribution in [3.8, 4) is 0 Å². The summed E-state index contributed by atoms with van der Waals surface area (Å²) in [6.07, 6.45) is 2.51. The molecule has 0 saturated carbocycles. The van der Waals surface area contributed by atoms with Crippen LogP contribution in [0.1, 0.15) is 31.0 Å². The SMILES string of the molecule is CCc1ccc(C(C)NC(=O)C(=O)Nc2ccccn2)cc1. The molecule has 0 bridgehead atoms. The molecule has 1 atom stereocenters. The Morgan fingerprint density at radius 2 is 1.82 bits per heavy atom. The molecule has 0 fully saturated rings. The lowest BCUT2D eigenvalue weighted by molar-refractivity contribution is -0.136. The van der Waals surface area contributed by atoms with E-state index in [-0.39, 0.29) is 6.04 Å². The largest absolute Gasteiger partial charge is 0.341 e. The van der Waals surface area contributed by atoms with Crippen molar-refractivity contribution < 1.29 is 9.59 Å². The maximum atomic E-state index is 11.9. The van der Waals surface area contributed by atoms with Crippen molar-refractivity contribution in [1.29, 1.82) is 0 Å². The fraction of sp³-hybridized carbons (Fsp3) is 0.235. The number of nitrogens with one attached hydrogen (secondary N) is 2. The summed E-state index contributed by atoms with van der Waals surface area (Å²) in [7, 11) is 0. The van der Waals surface area contributed by atoms with E-state index in [2.05, 4.69) is 22.5 Å². The standard InChI is InChI=1S/C17H19N3O2/c1-3-13-7-9-14(10-8-13)12(2)19-16(21)17(22)20-15-6-4-5-11-18-15/h4-12H,3H2,1-2H3,(H,19,21)(H,18,20,22). The summed E-state index contributed by atoms with van der Waals surface area (Å²) in [5, 5.41) is 5.13. The monoisotopic (exact) mass is 297 g/mol. The highest BCUT2D eigenvalue weighted by atomic mass is 16.2. The van der Waals surface area contributed by atoms with Gasteiger partial charge in [-0.1, -0.05) is 37.3 Å². The van der Waals surface area contributed by atoms with E-state index < -0.39 is 11.8 Å². The van der Waals surface area contributed by atoms with Gasteiger partial charge in [-0.05, 0) is 36.6 Å². The van der Waals surface area contributed by atoms with Gasteiger partial charge in [0.05, 0.1) is 6.04 Å². The molecule has 1 aromatic heterocycles. The van der Waals surface area contributed by atoms with Gasteiger partial charge in [-0.3, -0.25) is 9.59 Å². The molecule has 0 aliphatic carbocycles. The summed E-state index contributed by atoms with van der Waals surface area (Å²) in [6, 6.07) is 12.8. The van der Waals surface area contributed by atoms with Gasteiger partial charge in [0.15, 0.2) is 0 Å². The molecule has 0 saturated heterocycles. The third kappa shape index (κ3) is 4.15. The molecule has 0 spiro atoms. The molecule has 22 heavy (non-hydrogen) atoms. The second kappa shape index (κ2) is 7.36. The molecule has 1 heterocycles. The van der Waals surface area contributed by atoms with E-state index in [0.29, 0.717) is 5.82 Å². The van der Waals surface area contributed by atoms with Crippen LogP contribution in [0.3, 0.4) is 0 Å². The lowest BCUT2D eigenvalue weighted by Crippen LogP contribution is -2.37. The summed E-state index contributed by atoms with van der Waals surface area (Å²) < 4.78 is 0. The number of pyridine rings is 1. The summed E-state index contributed by atoms with van der Waals surface area (Å²) in [5.41, 5.74) is 2.19. The van der Waals surface area contributed by atoms with Crippen LogP contribution < -0.4 is 10.6 Å². The number of carbonyl (C=O) groups excluding carboxylic acids is 2. The molecule has 114 valence electrons. The van der Waals surface area contributed by atoms with Crippen molar-refractivity contribution in [3.05, 3.63) is 59.8 Å². The molecule has 0 aliphatic rings. The first-order valence-electron chi connectivity index (χ1n) is 7.22. The first kappa shape index (κ1) is 15.7. The van der Waals surface area contributed by atoms with Crippen LogP contribution in [0.4, 0.5) is 5.82 Å². The minimum atomic E-state index is -0.726. The van der Waals surface area contributed by atoms with E-state index in [9.17, 15) is 9.59 Å². The molecule has 1 aromatic carbocycles. The second-order valence-corrected chi connectivity index (χ2v) is 4.96. The number of benzene rings is 1. The van der Waals surface area contributed by atoms with Gasteiger partial charge in [-0.15, -0.1) is 0 Å². The summed E-state index contributed by atoms with van der Waals surface area (Å²) in [5.74, 6) is -1.06. The van der Waals surface area contributed by atoms with Gasteiger partial charge in [0.1, 0.15) is 5.82 Å². The topological polar surface area (TPSA) is 71.1 Å². The fourth-order valence-electron chi connectivity index (χ4n) is 2.00. The van der Waals surface area contributed by atoms with E-state index in [1.54, 1.807) is 24.4 Å². The quantitative estimate of drug-likeness (QED) is 0.852. The number of anilines is 1. The highest BCUT2D eigenvalue weighted by Crippen LogP contribution is 2.13. The Labute approximate surface area is 129 Å². The predicted octanol–water partition coefficient (Wildman–Crippen LogP) is 2.46. The van der Waals surface area contributed by atoms with Crippen LogP contribution in [0.5, 0.6) is 0 Å². The molecule has 0 radical (unpaired) electrons. The number of hydrogen-bond acceptors (Lipinski definition) is 3. The van der Waals surface area contributed by atoms with Crippen LogP contribution >= 0.6 is 0 Å². The number of amides is 2. The Bertz CT molecular complexity index is 639. The van der Waals surface area contributed by atoms with Crippen molar-refractivity contribution >= 4 is 17.6 Å². The minimum absolute atomic E-state index is 0.243. The Kier molecular flexibility index (Phi) is 5.25. The number of hydrogen-bond donors (Lipinski definition) is 2. The number of nitrogens with zero attached hydrogens (tertiary/aromatic N) is 1. The second-order valence-electron chi connectivity index (χ2n) is 4.96. The maximum absolute atomic E-state index is 11.9. The third-order valence-electron chi connectivity index (χ3n) is 3.35. The van der Waals surface area contributed by atoms with Crippen LogP contribution in [0.25, 0.3) is 0 Å². The predicted molar refractivity (Wildman–Crippen MR) is 85.2 cm³/mol. The third-order valence-corrected chi connectivity index (χ3v) is 3.35. The smallest absolute Gasteiger partial charge is 0.314 e. The zero-order valence-electron chi connectivity index (χ0n) is 12.7. The molecule has 2 amide bonds. The fourth-order valence-corrected chi connectivity index (χ4v) is 2.00. The van der Waals surface area contributed by atoms with Gasteiger partial charge in [-0.2, -0.15) is 0 Å². The maximum Gasteiger partial charge on any atom is 0.314 e. The van der Waals surface area contributed by atoms with E-state index in [1.807, 2.05) is 31.2 Å². The van der Waals surface area contributed by atoms with Crippen molar-refractivity contribution in [2.45, 2.75) is 26.3 Å². The Hall–Kier alpha value is -2.69. The van der Waals surface area contributed by atoms with E-state index in [4.69, 9.17) is 0 Å². The highest BCUT2D eigenvalue weighted by molar-refractivity contribution is 6.39. The number of aromatic nitrogens is 1. The van der Waals surface area contributed by atoms with Gasteiger partial charge >= 0.3 is 11.8 Å². The molecular weight excluding hydrogens is 278 g/mol. The summed E-state index contributed by atoms with van der Waals surface area (Å²) in [4.78, 5) is 27.7. The van der Waals surface area contributed by atoms with Gasteiger partial charge in [0, 0.05) is 6.20 Å². The van der Waals surface area contributed by atoms with Crippen LogP contribution in [0, 0.1) is 0 Å². The number of carbonyl (C=O) groups is 2. The van der Waals surface area contributed by atoms with Crippen LogP contribution in [-0.4, -0.2) is 16.8 Å². The van der Waals surface area contributed by atoms with E-state index in [0.717, 1.165) is 12.0 Å². The normalized spacial score (nSPS) is 11.5. The molecule has 0 aliphatic heterocycles. The molecule has 2 rings (SSSR count). The van der Waals surface area contributed by atoms with Gasteiger partial charge in [-0.25, -0.2) is 4.98 Å². The van der Waals surface area contributed by atoms with E-state index >= 15 is 0 Å². The van der Waals surface area contributed by atoms with Crippen molar-refractivity contribution in [2.75, 3.05) is 5.32 Å². The van der Waals surface area contributed by atoms with Crippen LogP contribution in [0.2, 0.25) is 0 Å². The van der Waals surface area contributed by atoms with Gasteiger partial charge < -0.3 is 10.6 Å². The Balaban J connectivity index is 1.93. The number of aryl methyl sites for hydroxylation is 1. The van der Waals surface area contributed by atoms with E-state index in [1.165, 1.54) is 5.56 Å². The van der Waals surface area contributed by atoms with Gasteiger partial charge in [0.25, 0.3) is 0 Å². The zero-order valence-corrected chi connectivity index (χ0v) is 12.7. The van der Waals surface area contributed by atoms with Crippen LogP contribution in [0.15, 0.2) is 48.7 Å². The summed E-state index contributed by atoms with van der Waals surface area (Å²) in [6.45, 7) is 3.93. The molecule has 5 heteroatoms. The first-order valence-corrected chi connectivity index (χ1v) is 7.22. The van der Waals surface area contributed by atoms with Crippen molar-refractivity contribution in [2.24, 2.45) is 0 Å². The average molecular weight is 297 g/mol. The molecule has 2 N–H and O–H groups in total. The lowest BCUT2D eigenvalue weighted by atomic mass is 10.1. The molecule has 2 aromatic rings. The Morgan fingerprint density at radius 3 is 2.41 bits per heavy atom. The highest BCUT2D eigenvalue weighted by Gasteiger charge is 2.17. The average Bonchev–Trinajstić information content (AvgIpc) is 2.55. The van der Waals surface area contributed by atoms with Crippen molar-refractivity contribution in [1.82, 2.24) is 10.3 Å². The minimum Gasteiger partial charge on any atom is -0.341 e. The summed E-state index contributed by atoms with van der Waals surface area (Å²) >= 11 is 0.